The van der Waals surface area contributed by atoms with E-state index in [1.54, 1.807) is 29.9 Å². The maximum absolute atomic E-state index is 5.90. The Morgan fingerprint density at radius 3 is 2.67 bits per heavy atom. The minimum absolute atomic E-state index is 0.615. The topological polar surface area (TPSA) is 109 Å². The third kappa shape index (κ3) is 2.66. The van der Waals surface area contributed by atoms with Gasteiger partial charge in [-0.2, -0.15) is 16.4 Å². The molecule has 0 radical (unpaired) electrons. The number of fused-ring (bicyclic) bond motifs is 2. The number of thiophene rings is 1. The van der Waals surface area contributed by atoms with E-state index >= 15 is 0 Å². The summed E-state index contributed by atoms with van der Waals surface area (Å²) in [5, 5.41) is 13.7. The molecule has 30 heavy (non-hydrogen) atoms. The van der Waals surface area contributed by atoms with Gasteiger partial charge in [-0.05, 0) is 35.7 Å². The van der Waals surface area contributed by atoms with Crippen LogP contribution in [0.2, 0.25) is 0 Å². The first-order valence-corrected chi connectivity index (χ1v) is 10.3. The summed E-state index contributed by atoms with van der Waals surface area (Å²) in [6, 6.07) is 10.1. The Hall–Kier alpha value is -4.04. The molecule has 0 atom stereocenters. The number of hydrogen-bond donors (Lipinski definition) is 3. The van der Waals surface area contributed by atoms with Crippen molar-refractivity contribution < 1.29 is 0 Å². The van der Waals surface area contributed by atoms with Crippen molar-refractivity contribution in [1.82, 2.24) is 30.1 Å². The lowest BCUT2D eigenvalue weighted by Gasteiger charge is -2.02. The molecule has 144 valence electrons. The standard InChI is InChI=1S/C22H15N7S/c23-15-5-13(8-24-10-15)14-6-17-21(28-29-22(17)26-9-14)19-7-16-18(27-19)1-3-25-20(16)12-2-4-30-11-12/h1-11,27H,23H2,(H,26,28,29). The highest BCUT2D eigenvalue weighted by Crippen LogP contribution is 2.34. The fourth-order valence-electron chi connectivity index (χ4n) is 3.69. The van der Waals surface area contributed by atoms with E-state index < -0.39 is 0 Å². The number of aromatic amines is 2. The van der Waals surface area contributed by atoms with Crippen LogP contribution in [0.4, 0.5) is 5.69 Å². The number of anilines is 1. The summed E-state index contributed by atoms with van der Waals surface area (Å²) >= 11 is 1.66. The molecule has 0 aliphatic heterocycles. The van der Waals surface area contributed by atoms with Crippen molar-refractivity contribution in [2.45, 2.75) is 0 Å². The van der Waals surface area contributed by atoms with Gasteiger partial charge in [0.2, 0.25) is 0 Å². The molecule has 6 heterocycles. The van der Waals surface area contributed by atoms with Crippen molar-refractivity contribution in [3.05, 3.63) is 65.9 Å². The molecule has 0 fully saturated rings. The second-order valence-electron chi connectivity index (χ2n) is 7.02. The molecule has 0 amide bonds. The summed E-state index contributed by atoms with van der Waals surface area (Å²) in [5.74, 6) is 0. The highest BCUT2D eigenvalue weighted by atomic mass is 32.1. The maximum Gasteiger partial charge on any atom is 0.155 e. The summed E-state index contributed by atoms with van der Waals surface area (Å²) in [7, 11) is 0. The molecule has 0 spiro atoms. The van der Waals surface area contributed by atoms with Crippen LogP contribution in [0.25, 0.3) is 55.7 Å². The predicted octanol–water partition coefficient (Wildman–Crippen LogP) is 4.87. The Labute approximate surface area is 174 Å². The number of nitrogen functional groups attached to an aromatic ring is 1. The Bertz CT molecular complexity index is 1510. The van der Waals surface area contributed by atoms with Gasteiger partial charge in [-0.3, -0.25) is 15.1 Å². The van der Waals surface area contributed by atoms with E-state index in [0.717, 1.165) is 55.7 Å². The summed E-state index contributed by atoms with van der Waals surface area (Å²) in [6.07, 6.45) is 7.03. The van der Waals surface area contributed by atoms with Gasteiger partial charge in [0.25, 0.3) is 0 Å². The molecule has 7 nitrogen and oxygen atoms in total. The van der Waals surface area contributed by atoms with E-state index in [-0.39, 0.29) is 0 Å². The number of pyridine rings is 3. The monoisotopic (exact) mass is 409 g/mol. The Balaban J connectivity index is 1.52. The van der Waals surface area contributed by atoms with Gasteiger partial charge in [0.1, 0.15) is 5.69 Å². The van der Waals surface area contributed by atoms with Crippen molar-refractivity contribution >= 4 is 39.0 Å². The summed E-state index contributed by atoms with van der Waals surface area (Å²) in [4.78, 5) is 16.8. The molecule has 6 aromatic rings. The number of H-pyrrole nitrogens is 2. The molecule has 4 N–H and O–H groups in total. The fraction of sp³-hybridized carbons (Fsp3) is 0. The number of nitrogens with zero attached hydrogens (tertiary/aromatic N) is 4. The largest absolute Gasteiger partial charge is 0.397 e. The van der Waals surface area contributed by atoms with Gasteiger partial charge in [0, 0.05) is 63.1 Å². The zero-order chi connectivity index (χ0) is 20.1. The molecule has 8 heteroatoms. The maximum atomic E-state index is 5.90. The molecule has 0 unspecified atom stereocenters. The van der Waals surface area contributed by atoms with Crippen LogP contribution in [-0.4, -0.2) is 30.1 Å². The summed E-state index contributed by atoms with van der Waals surface area (Å²) in [6.45, 7) is 0. The highest BCUT2D eigenvalue weighted by Gasteiger charge is 2.15. The Kier molecular flexibility index (Phi) is 3.65. The van der Waals surface area contributed by atoms with Gasteiger partial charge >= 0.3 is 0 Å². The fourth-order valence-corrected chi connectivity index (χ4v) is 4.33. The first-order valence-electron chi connectivity index (χ1n) is 9.32. The summed E-state index contributed by atoms with van der Waals surface area (Å²) in [5.41, 5.74) is 13.9. The molecular weight excluding hydrogens is 394 g/mol. The third-order valence-electron chi connectivity index (χ3n) is 5.11. The molecule has 0 aliphatic rings. The van der Waals surface area contributed by atoms with Crippen LogP contribution in [0.3, 0.4) is 0 Å². The highest BCUT2D eigenvalue weighted by molar-refractivity contribution is 7.08. The molecule has 0 aromatic carbocycles. The average molecular weight is 409 g/mol. The van der Waals surface area contributed by atoms with Crippen molar-refractivity contribution in [2.75, 3.05) is 5.73 Å². The quantitative estimate of drug-likeness (QED) is 0.386. The Morgan fingerprint density at radius 1 is 0.867 bits per heavy atom. The number of nitrogens with one attached hydrogen (secondary N) is 2. The van der Waals surface area contributed by atoms with Gasteiger partial charge in [0.05, 0.1) is 17.1 Å². The van der Waals surface area contributed by atoms with Gasteiger partial charge in [0.15, 0.2) is 5.65 Å². The van der Waals surface area contributed by atoms with Gasteiger partial charge < -0.3 is 10.7 Å². The number of aromatic nitrogens is 6. The van der Waals surface area contributed by atoms with E-state index in [0.29, 0.717) is 5.69 Å². The number of rotatable bonds is 3. The molecule has 6 rings (SSSR count). The van der Waals surface area contributed by atoms with E-state index in [2.05, 4.69) is 59.1 Å². The lowest BCUT2D eigenvalue weighted by Crippen LogP contribution is -1.88. The van der Waals surface area contributed by atoms with Crippen LogP contribution in [0, 0.1) is 0 Å². The summed E-state index contributed by atoms with van der Waals surface area (Å²) < 4.78 is 0. The molecule has 6 aromatic heterocycles. The van der Waals surface area contributed by atoms with E-state index in [1.165, 1.54) is 0 Å². The average Bonchev–Trinajstić information content (AvgIpc) is 3.51. The van der Waals surface area contributed by atoms with Crippen LogP contribution < -0.4 is 5.73 Å². The Morgan fingerprint density at radius 2 is 1.80 bits per heavy atom. The van der Waals surface area contributed by atoms with Gasteiger partial charge in [-0.25, -0.2) is 4.98 Å². The van der Waals surface area contributed by atoms with Crippen molar-refractivity contribution in [1.29, 1.82) is 0 Å². The van der Waals surface area contributed by atoms with Crippen LogP contribution in [0.1, 0.15) is 0 Å². The zero-order valence-electron chi connectivity index (χ0n) is 15.6. The third-order valence-corrected chi connectivity index (χ3v) is 5.79. The second kappa shape index (κ2) is 6.50. The smallest absolute Gasteiger partial charge is 0.155 e. The van der Waals surface area contributed by atoms with Crippen LogP contribution >= 0.6 is 11.3 Å². The number of nitrogens with two attached hydrogens (primary N) is 1. The van der Waals surface area contributed by atoms with Crippen molar-refractivity contribution in [3.63, 3.8) is 0 Å². The second-order valence-corrected chi connectivity index (χ2v) is 7.80. The van der Waals surface area contributed by atoms with Crippen molar-refractivity contribution in [2.24, 2.45) is 0 Å². The molecular formula is C22H15N7S. The SMILES string of the molecule is Nc1cncc(-c2cnc3[nH]nc(-c4cc5c(-c6ccsc6)nccc5[nH]4)c3c2)c1. The lowest BCUT2D eigenvalue weighted by atomic mass is 10.1. The van der Waals surface area contributed by atoms with Crippen LogP contribution in [-0.2, 0) is 0 Å². The molecule has 0 aliphatic carbocycles. The van der Waals surface area contributed by atoms with E-state index in [9.17, 15) is 0 Å². The van der Waals surface area contributed by atoms with Crippen LogP contribution in [0.15, 0.2) is 65.9 Å². The molecule has 0 saturated heterocycles. The first kappa shape index (κ1) is 16.9. The molecule has 0 bridgehead atoms. The van der Waals surface area contributed by atoms with Crippen LogP contribution in [0.5, 0.6) is 0 Å². The number of hydrogen-bond acceptors (Lipinski definition) is 6. The van der Waals surface area contributed by atoms with E-state index in [1.807, 2.05) is 18.3 Å². The minimum atomic E-state index is 0.615. The predicted molar refractivity (Wildman–Crippen MR) is 120 cm³/mol. The normalized spacial score (nSPS) is 11.5. The minimum Gasteiger partial charge on any atom is -0.397 e. The zero-order valence-corrected chi connectivity index (χ0v) is 16.4. The van der Waals surface area contributed by atoms with Crippen molar-refractivity contribution in [3.8, 4) is 33.8 Å². The lowest BCUT2D eigenvalue weighted by molar-refractivity contribution is 1.10. The molecule has 0 saturated carbocycles. The first-order chi connectivity index (χ1) is 14.8. The van der Waals surface area contributed by atoms with Gasteiger partial charge in [-0.1, -0.05) is 0 Å². The van der Waals surface area contributed by atoms with Gasteiger partial charge in [-0.15, -0.1) is 0 Å². The van der Waals surface area contributed by atoms with E-state index in [4.69, 9.17) is 5.73 Å².